The molecule has 0 saturated carbocycles. The molecule has 0 heterocycles. The van der Waals surface area contributed by atoms with Gasteiger partial charge in [0.2, 0.25) is 5.75 Å². The van der Waals surface area contributed by atoms with Gasteiger partial charge in [-0.3, -0.25) is 15.1 Å². The highest BCUT2D eigenvalue weighted by atomic mass is 16.6. The Morgan fingerprint density at radius 3 is 2.71 bits per heavy atom. The van der Waals surface area contributed by atoms with E-state index in [1.165, 1.54) is 6.07 Å². The summed E-state index contributed by atoms with van der Waals surface area (Å²) < 4.78 is 0. The monoisotopic (exact) mass is 236 g/mol. The molecule has 0 bridgehead atoms. The van der Waals surface area contributed by atoms with Crippen LogP contribution in [0.5, 0.6) is 5.75 Å². The molecular weight excluding hydrogens is 220 g/mol. The Morgan fingerprint density at radius 2 is 2.18 bits per heavy atom. The number of nitro groups is 1. The van der Waals surface area contributed by atoms with Crippen LogP contribution in [0.4, 0.5) is 5.69 Å². The van der Waals surface area contributed by atoms with Gasteiger partial charge in [0.05, 0.1) is 4.92 Å². The first-order chi connectivity index (χ1) is 7.97. The van der Waals surface area contributed by atoms with Crippen LogP contribution in [0.25, 0.3) is 0 Å². The smallest absolute Gasteiger partial charge is 0.311 e. The van der Waals surface area contributed by atoms with Gasteiger partial charge in [-0.1, -0.05) is 6.92 Å². The van der Waals surface area contributed by atoms with Crippen LogP contribution in [0.3, 0.4) is 0 Å². The Bertz CT molecular complexity index is 467. The van der Waals surface area contributed by atoms with E-state index in [-0.39, 0.29) is 11.4 Å². The highest BCUT2D eigenvalue weighted by Gasteiger charge is 2.19. The molecule has 92 valence electrons. The van der Waals surface area contributed by atoms with Crippen LogP contribution in [0.1, 0.15) is 31.4 Å². The molecule has 0 atom stereocenters. The lowest BCUT2D eigenvalue weighted by atomic mass is 10.1. The zero-order valence-corrected chi connectivity index (χ0v) is 10.2. The predicted molar refractivity (Wildman–Crippen MR) is 66.9 cm³/mol. The van der Waals surface area contributed by atoms with Crippen LogP contribution >= 0.6 is 0 Å². The minimum absolute atomic E-state index is 0.272. The Balaban J connectivity index is 3.29. The van der Waals surface area contributed by atoms with Crippen molar-refractivity contribution >= 4 is 11.4 Å². The lowest BCUT2D eigenvalue weighted by molar-refractivity contribution is -0.385. The number of rotatable bonds is 4. The van der Waals surface area contributed by atoms with Crippen molar-refractivity contribution in [2.24, 2.45) is 4.99 Å². The van der Waals surface area contributed by atoms with E-state index >= 15 is 0 Å². The highest BCUT2D eigenvalue weighted by Crippen LogP contribution is 2.31. The van der Waals surface area contributed by atoms with Gasteiger partial charge in [0.1, 0.15) is 0 Å². The molecule has 0 fully saturated rings. The third kappa shape index (κ3) is 3.03. The van der Waals surface area contributed by atoms with E-state index in [4.69, 9.17) is 0 Å². The SMILES string of the molecule is CCCN=C(C)c1cc(C)cc([N+](=O)[O-])c1O. The van der Waals surface area contributed by atoms with Crippen LogP contribution in [0.2, 0.25) is 0 Å². The Morgan fingerprint density at radius 1 is 1.53 bits per heavy atom. The van der Waals surface area contributed by atoms with Crippen LogP contribution in [0.15, 0.2) is 17.1 Å². The first-order valence-corrected chi connectivity index (χ1v) is 5.46. The molecule has 0 amide bonds. The highest BCUT2D eigenvalue weighted by molar-refractivity contribution is 6.02. The summed E-state index contributed by atoms with van der Waals surface area (Å²) in [4.78, 5) is 14.4. The van der Waals surface area contributed by atoms with Gasteiger partial charge >= 0.3 is 5.69 Å². The number of aliphatic imine (C=N–C) groups is 1. The van der Waals surface area contributed by atoms with Crippen LogP contribution in [-0.2, 0) is 0 Å². The zero-order valence-electron chi connectivity index (χ0n) is 10.2. The minimum atomic E-state index is -0.584. The van der Waals surface area contributed by atoms with Gasteiger partial charge in [0.25, 0.3) is 0 Å². The molecule has 0 unspecified atom stereocenters. The predicted octanol–water partition coefficient (Wildman–Crippen LogP) is 2.83. The maximum Gasteiger partial charge on any atom is 0.311 e. The number of hydrogen-bond donors (Lipinski definition) is 1. The molecule has 1 rings (SSSR count). The van der Waals surface area contributed by atoms with E-state index in [2.05, 4.69) is 4.99 Å². The van der Waals surface area contributed by atoms with E-state index in [0.717, 1.165) is 12.0 Å². The average Bonchev–Trinajstić information content (AvgIpc) is 2.28. The number of hydrogen-bond acceptors (Lipinski definition) is 4. The van der Waals surface area contributed by atoms with Crippen molar-refractivity contribution in [3.05, 3.63) is 33.4 Å². The van der Waals surface area contributed by atoms with Gasteiger partial charge in [-0.15, -0.1) is 0 Å². The number of nitro benzene ring substituents is 1. The van der Waals surface area contributed by atoms with Crippen molar-refractivity contribution in [3.63, 3.8) is 0 Å². The van der Waals surface area contributed by atoms with Gasteiger partial charge in [-0.05, 0) is 31.9 Å². The number of phenols is 1. The standard InChI is InChI=1S/C12H16N2O3/c1-4-5-13-9(3)10-6-8(2)7-11(12(10)15)14(16)17/h6-7,15H,4-5H2,1-3H3. The quantitative estimate of drug-likeness (QED) is 0.496. The number of aromatic hydroxyl groups is 1. The van der Waals surface area contributed by atoms with Crippen molar-refractivity contribution < 1.29 is 10.0 Å². The third-order valence-corrected chi connectivity index (χ3v) is 2.39. The molecule has 0 aliphatic rings. The fraction of sp³-hybridized carbons (Fsp3) is 0.417. The summed E-state index contributed by atoms with van der Waals surface area (Å²) >= 11 is 0. The van der Waals surface area contributed by atoms with Crippen molar-refractivity contribution in [2.45, 2.75) is 27.2 Å². The van der Waals surface area contributed by atoms with E-state index < -0.39 is 4.92 Å². The Kier molecular flexibility index (Phi) is 4.20. The van der Waals surface area contributed by atoms with Gasteiger partial charge in [0.15, 0.2) is 0 Å². The van der Waals surface area contributed by atoms with E-state index in [9.17, 15) is 15.2 Å². The second kappa shape index (κ2) is 5.43. The third-order valence-electron chi connectivity index (χ3n) is 2.39. The minimum Gasteiger partial charge on any atom is -0.502 e. The summed E-state index contributed by atoms with van der Waals surface area (Å²) in [5.41, 5.74) is 1.52. The summed E-state index contributed by atoms with van der Waals surface area (Å²) in [7, 11) is 0. The average molecular weight is 236 g/mol. The van der Waals surface area contributed by atoms with Crippen molar-refractivity contribution in [1.82, 2.24) is 0 Å². The van der Waals surface area contributed by atoms with E-state index in [0.29, 0.717) is 17.8 Å². The van der Waals surface area contributed by atoms with Gasteiger partial charge in [0, 0.05) is 23.9 Å². The second-order valence-corrected chi connectivity index (χ2v) is 3.90. The number of aryl methyl sites for hydroxylation is 1. The Labute approximate surface area is 100.0 Å². The molecule has 1 aromatic carbocycles. The normalized spacial score (nSPS) is 11.6. The topological polar surface area (TPSA) is 75.7 Å². The summed E-state index contributed by atoms with van der Waals surface area (Å²) in [5, 5.41) is 20.6. The maximum absolute atomic E-state index is 10.8. The fourth-order valence-electron chi connectivity index (χ4n) is 1.54. The van der Waals surface area contributed by atoms with E-state index in [1.54, 1.807) is 19.9 Å². The fourth-order valence-corrected chi connectivity index (χ4v) is 1.54. The molecular formula is C12H16N2O3. The number of benzene rings is 1. The molecule has 0 radical (unpaired) electrons. The van der Waals surface area contributed by atoms with Crippen molar-refractivity contribution in [2.75, 3.05) is 6.54 Å². The van der Waals surface area contributed by atoms with Crippen molar-refractivity contribution in [3.8, 4) is 5.75 Å². The van der Waals surface area contributed by atoms with Gasteiger partial charge in [-0.25, -0.2) is 0 Å². The van der Waals surface area contributed by atoms with Crippen molar-refractivity contribution in [1.29, 1.82) is 0 Å². The molecule has 0 spiro atoms. The zero-order chi connectivity index (χ0) is 13.0. The maximum atomic E-state index is 10.8. The summed E-state index contributed by atoms with van der Waals surface area (Å²) in [6.07, 6.45) is 0.895. The summed E-state index contributed by atoms with van der Waals surface area (Å²) in [5.74, 6) is -0.307. The molecule has 1 N–H and O–H groups in total. The Hall–Kier alpha value is -1.91. The van der Waals surface area contributed by atoms with Gasteiger partial charge < -0.3 is 5.11 Å². The number of nitrogens with zero attached hydrogens (tertiary/aromatic N) is 2. The molecule has 0 aliphatic heterocycles. The first-order valence-electron chi connectivity index (χ1n) is 5.46. The molecule has 1 aromatic rings. The second-order valence-electron chi connectivity index (χ2n) is 3.90. The van der Waals surface area contributed by atoms with Crippen LogP contribution in [-0.4, -0.2) is 22.3 Å². The first kappa shape index (κ1) is 13.2. The van der Waals surface area contributed by atoms with E-state index in [1.807, 2.05) is 6.92 Å². The lowest BCUT2D eigenvalue weighted by Gasteiger charge is -2.06. The summed E-state index contributed by atoms with van der Waals surface area (Å²) in [6.45, 7) is 6.14. The largest absolute Gasteiger partial charge is 0.502 e. The molecule has 0 aromatic heterocycles. The number of phenolic OH excluding ortho intramolecular Hbond substituents is 1. The van der Waals surface area contributed by atoms with Crippen LogP contribution in [0, 0.1) is 17.0 Å². The molecule has 5 nitrogen and oxygen atoms in total. The molecule has 0 saturated heterocycles. The van der Waals surface area contributed by atoms with Crippen LogP contribution < -0.4 is 0 Å². The molecule has 17 heavy (non-hydrogen) atoms. The molecule has 0 aliphatic carbocycles. The van der Waals surface area contributed by atoms with Gasteiger partial charge in [-0.2, -0.15) is 0 Å². The lowest BCUT2D eigenvalue weighted by Crippen LogP contribution is -2.00. The summed E-state index contributed by atoms with van der Waals surface area (Å²) in [6, 6.07) is 3.06. The molecule has 5 heteroatoms.